The van der Waals surface area contributed by atoms with Crippen LogP contribution in [0.4, 0.5) is 15.0 Å². The first kappa shape index (κ1) is 29.0. The van der Waals surface area contributed by atoms with Crippen molar-refractivity contribution in [3.05, 3.63) is 81.9 Å². The summed E-state index contributed by atoms with van der Waals surface area (Å²) >= 11 is 0. The monoisotopic (exact) mass is 573 g/mol. The van der Waals surface area contributed by atoms with E-state index in [9.17, 15) is 14.4 Å². The number of rotatable bonds is 5. The Morgan fingerprint density at radius 2 is 1.71 bits per heavy atom. The molecule has 5 rings (SSSR count). The molecule has 10 heteroatoms. The lowest BCUT2D eigenvalue weighted by molar-refractivity contribution is 0.0497. The Morgan fingerprint density at radius 3 is 2.38 bits per heavy atom. The maximum Gasteiger partial charge on any atom is 0.407 e. The summed E-state index contributed by atoms with van der Waals surface area (Å²) < 4.78 is 20.5. The number of pyridine rings is 2. The second-order valence-electron chi connectivity index (χ2n) is 12.3. The maximum absolute atomic E-state index is 15.1. The van der Waals surface area contributed by atoms with Gasteiger partial charge in [0.25, 0.3) is 5.91 Å². The van der Waals surface area contributed by atoms with Crippen LogP contribution in [0.25, 0.3) is 21.8 Å². The number of nitrogens with zero attached hydrogens (tertiary/aromatic N) is 2. The van der Waals surface area contributed by atoms with Crippen molar-refractivity contribution in [2.24, 2.45) is 0 Å². The van der Waals surface area contributed by atoms with Gasteiger partial charge in [-0.25, -0.2) is 14.2 Å². The molecule has 9 nitrogen and oxygen atoms in total. The van der Waals surface area contributed by atoms with Gasteiger partial charge in [0.2, 0.25) is 0 Å². The number of amides is 2. The molecule has 2 aromatic carbocycles. The van der Waals surface area contributed by atoms with Crippen LogP contribution >= 0.6 is 0 Å². The number of piperidine rings is 1. The van der Waals surface area contributed by atoms with Gasteiger partial charge in [-0.1, -0.05) is 18.2 Å². The van der Waals surface area contributed by atoms with E-state index in [1.54, 1.807) is 30.5 Å². The van der Waals surface area contributed by atoms with Crippen molar-refractivity contribution >= 4 is 39.6 Å². The largest absolute Gasteiger partial charge is 0.444 e. The SMILES string of the molecule is CC(C)(C)OC(=O)NC1CCN(c2ccc(C(C)(C)NC(=O)c3cc4[nH]c5ccccc5c(=O)c4cc3F)cn2)CC1. The number of ether oxygens (including phenoxy) is 1. The Kier molecular flexibility index (Phi) is 7.66. The summed E-state index contributed by atoms with van der Waals surface area (Å²) in [7, 11) is 0. The first-order valence-corrected chi connectivity index (χ1v) is 14.1. The Bertz CT molecular complexity index is 1700. The number of hydrogen-bond acceptors (Lipinski definition) is 6. The molecule has 2 aromatic heterocycles. The van der Waals surface area contributed by atoms with Crippen molar-refractivity contribution in [3.63, 3.8) is 0 Å². The Balaban J connectivity index is 1.25. The highest BCUT2D eigenvalue weighted by molar-refractivity contribution is 6.00. The number of anilines is 1. The predicted molar refractivity (Wildman–Crippen MR) is 161 cm³/mol. The zero-order valence-corrected chi connectivity index (χ0v) is 24.5. The van der Waals surface area contributed by atoms with Crippen LogP contribution in [-0.4, -0.2) is 46.7 Å². The summed E-state index contributed by atoms with van der Waals surface area (Å²) in [5, 5.41) is 6.49. The summed E-state index contributed by atoms with van der Waals surface area (Å²) in [6, 6.07) is 13.3. The Hall–Kier alpha value is -4.47. The lowest BCUT2D eigenvalue weighted by Gasteiger charge is -2.34. The Labute approximate surface area is 243 Å². The minimum absolute atomic E-state index is 0.0385. The quantitative estimate of drug-likeness (QED) is 0.276. The van der Waals surface area contributed by atoms with E-state index in [1.807, 2.05) is 46.8 Å². The number of carbonyl (C=O) groups is 2. The van der Waals surface area contributed by atoms with Crippen LogP contribution in [0.1, 0.15) is 63.4 Å². The zero-order valence-electron chi connectivity index (χ0n) is 24.5. The molecule has 220 valence electrons. The van der Waals surface area contributed by atoms with Crippen molar-refractivity contribution in [2.45, 2.75) is 64.6 Å². The number of hydrogen-bond donors (Lipinski definition) is 3. The van der Waals surface area contributed by atoms with Crippen LogP contribution in [0.5, 0.6) is 0 Å². The van der Waals surface area contributed by atoms with Gasteiger partial charge in [-0.2, -0.15) is 0 Å². The van der Waals surface area contributed by atoms with Crippen molar-refractivity contribution in [3.8, 4) is 0 Å². The molecule has 0 atom stereocenters. The molecule has 0 saturated carbocycles. The molecule has 4 aromatic rings. The summed E-state index contributed by atoms with van der Waals surface area (Å²) in [6.45, 7) is 10.6. The average molecular weight is 574 g/mol. The molecule has 0 aliphatic carbocycles. The number of aromatic amines is 1. The lowest BCUT2D eigenvalue weighted by atomic mass is 9.95. The van der Waals surface area contributed by atoms with Crippen LogP contribution in [0.2, 0.25) is 0 Å². The van der Waals surface area contributed by atoms with Gasteiger partial charge >= 0.3 is 6.09 Å². The van der Waals surface area contributed by atoms with E-state index in [0.29, 0.717) is 16.4 Å². The number of H-pyrrole nitrogens is 1. The highest BCUT2D eigenvalue weighted by atomic mass is 19.1. The molecule has 0 unspecified atom stereocenters. The molecule has 1 fully saturated rings. The van der Waals surface area contributed by atoms with Crippen molar-refractivity contribution < 1.29 is 18.7 Å². The standard InChI is InChI=1S/C32H36FN5O4/c1-31(2,3)42-30(41)35-20-12-14-38(15-13-20)27-11-10-19(18-34-27)32(4,5)37-29(40)22-17-26-23(16-24(22)33)28(39)21-8-6-7-9-25(21)36-26/h6-11,16-18,20H,12-15H2,1-5H3,(H,35,41)(H,36,39)(H,37,40). The van der Waals surface area contributed by atoms with Crippen LogP contribution in [0.3, 0.4) is 0 Å². The molecule has 1 aliphatic rings. The van der Waals surface area contributed by atoms with Gasteiger partial charge in [0, 0.05) is 41.6 Å². The molecule has 3 heterocycles. The van der Waals surface area contributed by atoms with Crippen LogP contribution < -0.4 is 21.0 Å². The number of carbonyl (C=O) groups excluding carboxylic acids is 2. The molecule has 1 saturated heterocycles. The number of benzene rings is 2. The highest BCUT2D eigenvalue weighted by Gasteiger charge is 2.28. The highest BCUT2D eigenvalue weighted by Crippen LogP contribution is 2.25. The third kappa shape index (κ3) is 6.22. The van der Waals surface area contributed by atoms with Gasteiger partial charge in [-0.05, 0) is 83.4 Å². The first-order chi connectivity index (χ1) is 19.8. The van der Waals surface area contributed by atoms with Crippen molar-refractivity contribution in [1.82, 2.24) is 20.6 Å². The summed E-state index contributed by atoms with van der Waals surface area (Å²) in [5.74, 6) is -0.569. The molecule has 2 amide bonds. The van der Waals surface area contributed by atoms with Gasteiger partial charge < -0.3 is 25.3 Å². The van der Waals surface area contributed by atoms with E-state index in [0.717, 1.165) is 43.4 Å². The molecule has 3 N–H and O–H groups in total. The fourth-order valence-electron chi connectivity index (χ4n) is 5.21. The fourth-order valence-corrected chi connectivity index (χ4v) is 5.21. The van der Waals surface area contributed by atoms with Crippen LogP contribution in [0.15, 0.2) is 59.5 Å². The minimum atomic E-state index is -0.856. The van der Waals surface area contributed by atoms with Crippen LogP contribution in [-0.2, 0) is 10.3 Å². The third-order valence-corrected chi connectivity index (χ3v) is 7.47. The molecule has 0 spiro atoms. The van der Waals surface area contributed by atoms with E-state index in [-0.39, 0.29) is 22.4 Å². The maximum atomic E-state index is 15.1. The topological polar surface area (TPSA) is 116 Å². The zero-order chi connectivity index (χ0) is 30.2. The van der Waals surface area contributed by atoms with Crippen molar-refractivity contribution in [2.75, 3.05) is 18.0 Å². The number of nitrogens with one attached hydrogen (secondary N) is 3. The molecule has 1 aliphatic heterocycles. The van der Waals surface area contributed by atoms with E-state index >= 15 is 4.39 Å². The van der Waals surface area contributed by atoms with E-state index in [1.165, 1.54) is 6.07 Å². The number of aromatic nitrogens is 2. The summed E-state index contributed by atoms with van der Waals surface area (Å²) in [4.78, 5) is 48.1. The van der Waals surface area contributed by atoms with Gasteiger partial charge in [0.1, 0.15) is 17.2 Å². The van der Waals surface area contributed by atoms with E-state index in [4.69, 9.17) is 4.74 Å². The van der Waals surface area contributed by atoms with Gasteiger partial charge in [0.05, 0.1) is 16.6 Å². The number of para-hydroxylation sites is 1. The van der Waals surface area contributed by atoms with Gasteiger partial charge in [0.15, 0.2) is 5.43 Å². The molecule has 0 bridgehead atoms. The smallest absolute Gasteiger partial charge is 0.407 e. The predicted octanol–water partition coefficient (Wildman–Crippen LogP) is 5.37. The molecular weight excluding hydrogens is 537 g/mol. The number of halogens is 1. The normalized spacial score (nSPS) is 14.7. The van der Waals surface area contributed by atoms with E-state index in [2.05, 4.69) is 25.5 Å². The Morgan fingerprint density at radius 1 is 1.00 bits per heavy atom. The third-order valence-electron chi connectivity index (χ3n) is 7.47. The molecule has 42 heavy (non-hydrogen) atoms. The first-order valence-electron chi connectivity index (χ1n) is 14.1. The van der Waals surface area contributed by atoms with Gasteiger partial charge in [-0.3, -0.25) is 9.59 Å². The molecular formula is C32H36FN5O4. The molecule has 0 radical (unpaired) electrons. The summed E-state index contributed by atoms with van der Waals surface area (Å²) in [6.07, 6.45) is 2.84. The van der Waals surface area contributed by atoms with Gasteiger partial charge in [-0.15, -0.1) is 0 Å². The second kappa shape index (κ2) is 11.1. The minimum Gasteiger partial charge on any atom is -0.444 e. The average Bonchev–Trinajstić information content (AvgIpc) is 2.92. The summed E-state index contributed by atoms with van der Waals surface area (Å²) in [5.41, 5.74) is -0.0910. The van der Waals surface area contributed by atoms with Crippen molar-refractivity contribution in [1.29, 1.82) is 0 Å². The van der Waals surface area contributed by atoms with E-state index < -0.39 is 29.0 Å². The lowest BCUT2D eigenvalue weighted by Crippen LogP contribution is -2.46. The fraction of sp³-hybridized carbons (Fsp3) is 0.375. The van der Waals surface area contributed by atoms with Crippen LogP contribution in [0, 0.1) is 5.82 Å². The number of alkyl carbamates (subject to hydrolysis) is 1. The number of fused-ring (bicyclic) bond motifs is 2. The second-order valence-corrected chi connectivity index (χ2v) is 12.3.